The van der Waals surface area contributed by atoms with Crippen molar-refractivity contribution in [2.24, 2.45) is 0 Å². The van der Waals surface area contributed by atoms with Gasteiger partial charge in [0.15, 0.2) is 11.5 Å². The van der Waals surface area contributed by atoms with Crippen LogP contribution in [0, 0.1) is 6.92 Å². The van der Waals surface area contributed by atoms with Crippen molar-refractivity contribution >= 4 is 11.8 Å². The average Bonchev–Trinajstić information content (AvgIpc) is 3.39. The highest BCUT2D eigenvalue weighted by atomic mass is 16.5. The largest absolute Gasteiger partial charge is 0.493 e. The van der Waals surface area contributed by atoms with Crippen molar-refractivity contribution in [1.29, 1.82) is 0 Å². The smallest absolute Gasteiger partial charge is 0.247 e. The zero-order valence-corrected chi connectivity index (χ0v) is 24.8. The standard InChI is InChI=1S/C33H44N2O7/c1-4-5-6-7-8-9-28(38)35(19-22-12-10-21(2)11-13-22)26-18-25(33(40)34-14-15-36)29-24-16-23(20-37)17-27(41-3)31(24)42-32(29)30(26)39/h10-13,16-18,26,29-30,32,36-37,39H,4-9,14-15,19-20H2,1-3H3,(H,34,40). The number of methoxy groups -OCH3 is 1. The Bertz CT molecular complexity index is 1260. The first-order valence-corrected chi connectivity index (χ1v) is 14.9. The van der Waals surface area contributed by atoms with Crippen LogP contribution in [-0.2, 0) is 22.7 Å². The fourth-order valence-corrected chi connectivity index (χ4v) is 5.89. The zero-order chi connectivity index (χ0) is 30.2. The number of rotatable bonds is 14. The van der Waals surface area contributed by atoms with E-state index < -0.39 is 30.1 Å². The van der Waals surface area contributed by atoms with Crippen molar-refractivity contribution in [2.45, 2.75) is 89.7 Å². The number of nitrogens with one attached hydrogen (secondary N) is 1. The molecular weight excluding hydrogens is 536 g/mol. The maximum atomic E-state index is 13.8. The summed E-state index contributed by atoms with van der Waals surface area (Å²) in [5.74, 6) is -0.377. The molecule has 0 aromatic heterocycles. The van der Waals surface area contributed by atoms with Crippen molar-refractivity contribution in [1.82, 2.24) is 10.2 Å². The van der Waals surface area contributed by atoms with Crippen LogP contribution in [0.2, 0.25) is 0 Å². The number of unbranched alkanes of at least 4 members (excludes halogenated alkanes) is 4. The second-order valence-corrected chi connectivity index (χ2v) is 11.2. The van der Waals surface area contributed by atoms with Gasteiger partial charge in [-0.2, -0.15) is 0 Å². The van der Waals surface area contributed by atoms with E-state index in [0.717, 1.165) is 43.2 Å². The highest BCUT2D eigenvalue weighted by Crippen LogP contribution is 2.51. The van der Waals surface area contributed by atoms with Crippen molar-refractivity contribution in [3.63, 3.8) is 0 Å². The van der Waals surface area contributed by atoms with Gasteiger partial charge in [-0.15, -0.1) is 0 Å². The van der Waals surface area contributed by atoms with Gasteiger partial charge in [0.25, 0.3) is 0 Å². The highest BCUT2D eigenvalue weighted by molar-refractivity contribution is 5.96. The molecule has 2 aromatic rings. The maximum absolute atomic E-state index is 13.8. The SMILES string of the molecule is CCCCCCCC(=O)N(Cc1ccc(C)cc1)C1C=C(C(=O)NCCO)C2c3cc(CO)cc(OC)c3OC2C1O. The molecule has 228 valence electrons. The topological polar surface area (TPSA) is 129 Å². The van der Waals surface area contributed by atoms with Crippen LogP contribution in [0.1, 0.15) is 73.6 Å². The summed E-state index contributed by atoms with van der Waals surface area (Å²) in [5, 5.41) is 33.8. The minimum Gasteiger partial charge on any atom is -0.493 e. The number of carbonyl (C=O) groups excluding carboxylic acids is 2. The van der Waals surface area contributed by atoms with Crippen LogP contribution in [0.15, 0.2) is 48.0 Å². The molecule has 1 aliphatic heterocycles. The van der Waals surface area contributed by atoms with E-state index in [1.165, 1.54) is 7.11 Å². The Hall–Kier alpha value is -3.40. The molecule has 4 unspecified atom stereocenters. The maximum Gasteiger partial charge on any atom is 0.247 e. The average molecular weight is 581 g/mol. The monoisotopic (exact) mass is 580 g/mol. The van der Waals surface area contributed by atoms with Gasteiger partial charge in [0.05, 0.1) is 32.3 Å². The van der Waals surface area contributed by atoms with Crippen LogP contribution in [0.4, 0.5) is 0 Å². The number of benzene rings is 2. The van der Waals surface area contributed by atoms with Crippen molar-refractivity contribution < 1.29 is 34.4 Å². The Balaban J connectivity index is 1.74. The molecule has 9 nitrogen and oxygen atoms in total. The summed E-state index contributed by atoms with van der Waals surface area (Å²) >= 11 is 0. The van der Waals surface area contributed by atoms with Crippen molar-refractivity contribution in [3.8, 4) is 11.5 Å². The number of ether oxygens (including phenoxy) is 2. The number of aliphatic hydroxyl groups is 3. The molecule has 0 saturated carbocycles. The molecule has 4 rings (SSSR count). The molecule has 9 heteroatoms. The second-order valence-electron chi connectivity index (χ2n) is 11.2. The molecular formula is C33H44N2O7. The molecule has 0 saturated heterocycles. The summed E-state index contributed by atoms with van der Waals surface area (Å²) in [6.07, 6.45) is 5.00. The molecule has 0 fully saturated rings. The molecule has 0 spiro atoms. The molecule has 4 atom stereocenters. The first-order valence-electron chi connectivity index (χ1n) is 14.9. The molecule has 0 radical (unpaired) electrons. The molecule has 4 N–H and O–H groups in total. The van der Waals surface area contributed by atoms with E-state index in [0.29, 0.717) is 34.6 Å². The van der Waals surface area contributed by atoms with E-state index in [4.69, 9.17) is 9.47 Å². The van der Waals surface area contributed by atoms with Gasteiger partial charge < -0.3 is 35.0 Å². The van der Waals surface area contributed by atoms with Crippen LogP contribution in [0.3, 0.4) is 0 Å². The minimum absolute atomic E-state index is 0.0538. The summed E-state index contributed by atoms with van der Waals surface area (Å²) in [5.41, 5.74) is 3.56. The van der Waals surface area contributed by atoms with Crippen LogP contribution in [-0.4, -0.2) is 70.5 Å². The predicted octanol–water partition coefficient (Wildman–Crippen LogP) is 3.51. The van der Waals surface area contributed by atoms with E-state index >= 15 is 0 Å². The summed E-state index contributed by atoms with van der Waals surface area (Å²) in [6, 6.07) is 10.5. The summed E-state index contributed by atoms with van der Waals surface area (Å²) in [6.45, 7) is 4.00. The second kappa shape index (κ2) is 14.7. The van der Waals surface area contributed by atoms with Gasteiger partial charge >= 0.3 is 0 Å². The number of fused-ring (bicyclic) bond motifs is 3. The summed E-state index contributed by atoms with van der Waals surface area (Å²) < 4.78 is 11.9. The van der Waals surface area contributed by atoms with Crippen molar-refractivity contribution in [3.05, 3.63) is 70.3 Å². The molecule has 42 heavy (non-hydrogen) atoms. The van der Waals surface area contributed by atoms with E-state index in [2.05, 4.69) is 12.2 Å². The summed E-state index contributed by atoms with van der Waals surface area (Å²) in [4.78, 5) is 29.0. The first-order chi connectivity index (χ1) is 20.3. The molecule has 2 aliphatic rings. The lowest BCUT2D eigenvalue weighted by Gasteiger charge is -2.41. The van der Waals surface area contributed by atoms with Gasteiger partial charge in [0, 0.05) is 30.6 Å². The first kappa shape index (κ1) is 31.5. The minimum atomic E-state index is -1.14. The fraction of sp³-hybridized carbons (Fsp3) is 0.515. The molecule has 1 heterocycles. The van der Waals surface area contributed by atoms with E-state index in [1.807, 2.05) is 31.2 Å². The van der Waals surface area contributed by atoms with E-state index in [9.17, 15) is 24.9 Å². The lowest BCUT2D eigenvalue weighted by atomic mass is 9.77. The Morgan fingerprint density at radius 2 is 1.79 bits per heavy atom. The van der Waals surface area contributed by atoms with E-state index in [-0.39, 0.29) is 32.2 Å². The van der Waals surface area contributed by atoms with Crippen LogP contribution in [0.5, 0.6) is 11.5 Å². The Morgan fingerprint density at radius 3 is 2.45 bits per heavy atom. The Kier molecular flexibility index (Phi) is 11.0. The van der Waals surface area contributed by atoms with E-state index in [1.54, 1.807) is 23.1 Å². The zero-order valence-electron chi connectivity index (χ0n) is 24.8. The van der Waals surface area contributed by atoms with Crippen LogP contribution in [0.25, 0.3) is 0 Å². The van der Waals surface area contributed by atoms with Gasteiger partial charge in [0.1, 0.15) is 12.2 Å². The number of aryl methyl sites for hydroxylation is 1. The molecule has 2 amide bonds. The third-order valence-electron chi connectivity index (χ3n) is 8.14. The molecule has 2 aromatic carbocycles. The van der Waals surface area contributed by atoms with Crippen LogP contribution < -0.4 is 14.8 Å². The van der Waals surface area contributed by atoms with Gasteiger partial charge in [-0.25, -0.2) is 0 Å². The fourth-order valence-electron chi connectivity index (χ4n) is 5.89. The predicted molar refractivity (Wildman–Crippen MR) is 159 cm³/mol. The molecule has 1 aliphatic carbocycles. The van der Waals surface area contributed by atoms with Crippen LogP contribution >= 0.6 is 0 Å². The number of nitrogens with zero attached hydrogens (tertiary/aromatic N) is 1. The van der Waals surface area contributed by atoms with Gasteiger partial charge in [-0.05, 0) is 42.7 Å². The van der Waals surface area contributed by atoms with Gasteiger partial charge in [-0.3, -0.25) is 9.59 Å². The van der Waals surface area contributed by atoms with Gasteiger partial charge in [-0.1, -0.05) is 62.4 Å². The highest BCUT2D eigenvalue weighted by Gasteiger charge is 2.51. The number of hydrogen-bond acceptors (Lipinski definition) is 7. The Morgan fingerprint density at radius 1 is 1.05 bits per heavy atom. The lowest BCUT2D eigenvalue weighted by Crippen LogP contribution is -2.55. The third kappa shape index (κ3) is 6.97. The number of aliphatic hydroxyl groups excluding tert-OH is 3. The summed E-state index contributed by atoms with van der Waals surface area (Å²) in [7, 11) is 1.49. The molecule has 0 bridgehead atoms. The third-order valence-corrected chi connectivity index (χ3v) is 8.14. The quantitative estimate of drug-likeness (QED) is 0.252. The number of amides is 2. The lowest BCUT2D eigenvalue weighted by molar-refractivity contribution is -0.138. The normalized spacial score (nSPS) is 20.7. The number of carbonyl (C=O) groups is 2. The number of hydrogen-bond donors (Lipinski definition) is 4. The van der Waals surface area contributed by atoms with Crippen molar-refractivity contribution in [2.75, 3.05) is 20.3 Å². The Labute approximate surface area is 248 Å². The van der Waals surface area contributed by atoms with Gasteiger partial charge in [0.2, 0.25) is 11.8 Å².